The van der Waals surface area contributed by atoms with Crippen molar-refractivity contribution in [3.63, 3.8) is 0 Å². The lowest BCUT2D eigenvalue weighted by Gasteiger charge is -2.33. The van der Waals surface area contributed by atoms with Gasteiger partial charge in [-0.3, -0.25) is 9.59 Å². The molecule has 2 N–H and O–H groups in total. The van der Waals surface area contributed by atoms with Gasteiger partial charge >= 0.3 is 5.97 Å². The number of nitrogens with zero attached hydrogens (tertiary/aromatic N) is 2. The summed E-state index contributed by atoms with van der Waals surface area (Å²) in [5.74, 6) is 0.598. The Morgan fingerprint density at radius 1 is 1.26 bits per heavy atom. The van der Waals surface area contributed by atoms with Crippen LogP contribution in [0.25, 0.3) is 0 Å². The molecule has 31 heavy (non-hydrogen) atoms. The van der Waals surface area contributed by atoms with Crippen LogP contribution in [0.5, 0.6) is 0 Å². The Kier molecular flexibility index (Phi) is 10.5. The van der Waals surface area contributed by atoms with Gasteiger partial charge in [-0.2, -0.15) is 0 Å². The molecule has 1 unspecified atom stereocenters. The minimum atomic E-state index is -0.347. The van der Waals surface area contributed by atoms with E-state index < -0.39 is 0 Å². The van der Waals surface area contributed by atoms with Gasteiger partial charge in [-0.1, -0.05) is 12.1 Å². The van der Waals surface area contributed by atoms with Crippen molar-refractivity contribution in [1.82, 2.24) is 10.2 Å². The number of hydrogen-bond donors (Lipinski definition) is 2. The van der Waals surface area contributed by atoms with Crippen molar-refractivity contribution in [2.24, 2.45) is 10.9 Å². The lowest BCUT2D eigenvalue weighted by molar-refractivity contribution is -0.146. The summed E-state index contributed by atoms with van der Waals surface area (Å²) in [4.78, 5) is 31.0. The first-order valence-corrected chi connectivity index (χ1v) is 10.7. The highest BCUT2D eigenvalue weighted by Crippen LogP contribution is 2.19. The van der Waals surface area contributed by atoms with E-state index in [1.165, 1.54) is 7.11 Å². The van der Waals surface area contributed by atoms with E-state index in [1.54, 1.807) is 0 Å². The van der Waals surface area contributed by atoms with Gasteiger partial charge in [0.1, 0.15) is 6.10 Å². The van der Waals surface area contributed by atoms with Gasteiger partial charge in [-0.05, 0) is 50.3 Å². The van der Waals surface area contributed by atoms with Gasteiger partial charge in [0.2, 0.25) is 0 Å². The number of hydrogen-bond acceptors (Lipinski definition) is 5. The maximum Gasteiger partial charge on any atom is 0.308 e. The van der Waals surface area contributed by atoms with E-state index >= 15 is 0 Å². The van der Waals surface area contributed by atoms with Crippen molar-refractivity contribution in [3.8, 4) is 0 Å². The Bertz CT molecular complexity index is 760. The second-order valence-corrected chi connectivity index (χ2v) is 7.65. The zero-order valence-corrected chi connectivity index (χ0v) is 20.6. The van der Waals surface area contributed by atoms with Gasteiger partial charge in [0.15, 0.2) is 5.96 Å². The van der Waals surface area contributed by atoms with Crippen LogP contribution in [-0.2, 0) is 25.6 Å². The van der Waals surface area contributed by atoms with E-state index in [2.05, 4.69) is 15.5 Å². The zero-order chi connectivity index (χ0) is 21.3. The number of carbonyl (C=O) groups excluding carboxylic acids is 2. The third-order valence-corrected chi connectivity index (χ3v) is 5.49. The fraction of sp³-hybridized carbons (Fsp3) is 0.591. The molecule has 0 bridgehead atoms. The summed E-state index contributed by atoms with van der Waals surface area (Å²) < 4.78 is 10.3. The van der Waals surface area contributed by atoms with Crippen molar-refractivity contribution in [2.45, 2.75) is 45.3 Å². The standard InChI is InChI=1S/C22H32N4O4.HI/c1-3-23-22(26-11-9-17(10-12-26)21(28)29-2)24-15-16-6-4-7-18(14-16)25-20(27)19-8-5-13-30-19;/h4,6-7,14,17,19H,3,5,8-13,15H2,1-2H3,(H,23,24)(H,25,27);1H. The number of benzene rings is 1. The molecule has 0 saturated carbocycles. The van der Waals surface area contributed by atoms with E-state index in [4.69, 9.17) is 14.5 Å². The molecule has 9 heteroatoms. The number of guanidine groups is 1. The van der Waals surface area contributed by atoms with E-state index in [-0.39, 0.29) is 47.9 Å². The Morgan fingerprint density at radius 3 is 2.68 bits per heavy atom. The molecule has 0 radical (unpaired) electrons. The second-order valence-electron chi connectivity index (χ2n) is 7.65. The summed E-state index contributed by atoms with van der Waals surface area (Å²) in [5.41, 5.74) is 1.77. The molecule has 1 aromatic rings. The number of halogens is 1. The van der Waals surface area contributed by atoms with Crippen molar-refractivity contribution < 1.29 is 19.1 Å². The number of likely N-dealkylation sites (tertiary alicyclic amines) is 1. The molecular weight excluding hydrogens is 511 g/mol. The van der Waals surface area contributed by atoms with Gasteiger partial charge in [0.25, 0.3) is 5.91 Å². The van der Waals surface area contributed by atoms with Crippen molar-refractivity contribution >= 4 is 47.5 Å². The quantitative estimate of drug-likeness (QED) is 0.248. The summed E-state index contributed by atoms with van der Waals surface area (Å²) >= 11 is 0. The number of piperidine rings is 1. The average molecular weight is 544 g/mol. The summed E-state index contributed by atoms with van der Waals surface area (Å²) in [6.07, 6.45) is 2.88. The highest BCUT2D eigenvalue weighted by atomic mass is 127. The average Bonchev–Trinajstić information content (AvgIpc) is 3.32. The summed E-state index contributed by atoms with van der Waals surface area (Å²) in [7, 11) is 1.44. The Morgan fingerprint density at radius 2 is 2.03 bits per heavy atom. The van der Waals surface area contributed by atoms with Crippen LogP contribution in [0, 0.1) is 5.92 Å². The smallest absolute Gasteiger partial charge is 0.308 e. The first-order valence-electron chi connectivity index (χ1n) is 10.7. The van der Waals surface area contributed by atoms with Crippen LogP contribution in [-0.4, -0.2) is 62.2 Å². The first-order chi connectivity index (χ1) is 14.6. The molecule has 172 valence electrons. The highest BCUT2D eigenvalue weighted by molar-refractivity contribution is 14.0. The largest absolute Gasteiger partial charge is 0.469 e. The molecule has 0 aliphatic carbocycles. The molecule has 2 heterocycles. The number of esters is 1. The number of aliphatic imine (C=N–C) groups is 1. The monoisotopic (exact) mass is 544 g/mol. The fourth-order valence-corrected chi connectivity index (χ4v) is 3.84. The van der Waals surface area contributed by atoms with Crippen LogP contribution in [0.3, 0.4) is 0 Å². The topological polar surface area (TPSA) is 92.3 Å². The van der Waals surface area contributed by atoms with Crippen molar-refractivity contribution in [3.05, 3.63) is 29.8 Å². The van der Waals surface area contributed by atoms with Gasteiger partial charge in [-0.25, -0.2) is 4.99 Å². The van der Waals surface area contributed by atoms with Crippen LogP contribution in [0.15, 0.2) is 29.3 Å². The van der Waals surface area contributed by atoms with E-state index in [0.29, 0.717) is 13.2 Å². The number of nitrogens with one attached hydrogen (secondary N) is 2. The summed E-state index contributed by atoms with van der Waals surface area (Å²) in [6.45, 7) is 5.50. The third-order valence-electron chi connectivity index (χ3n) is 5.49. The van der Waals surface area contributed by atoms with Crippen LogP contribution in [0.4, 0.5) is 5.69 Å². The number of amides is 1. The molecule has 2 aliphatic heterocycles. The molecule has 8 nitrogen and oxygen atoms in total. The van der Waals surface area contributed by atoms with E-state index in [9.17, 15) is 9.59 Å². The maximum absolute atomic E-state index is 12.3. The molecule has 1 aromatic carbocycles. The number of ether oxygens (including phenoxy) is 2. The van der Waals surface area contributed by atoms with Crippen molar-refractivity contribution in [1.29, 1.82) is 0 Å². The predicted octanol–water partition coefficient (Wildman–Crippen LogP) is 2.77. The number of rotatable bonds is 6. The van der Waals surface area contributed by atoms with Crippen LogP contribution in [0.2, 0.25) is 0 Å². The summed E-state index contributed by atoms with van der Waals surface area (Å²) in [5, 5.41) is 6.28. The van der Waals surface area contributed by atoms with Gasteiger partial charge in [0, 0.05) is 31.9 Å². The summed E-state index contributed by atoms with van der Waals surface area (Å²) in [6, 6.07) is 7.75. The first kappa shape index (κ1) is 25.4. The Hall–Kier alpha value is -1.88. The van der Waals surface area contributed by atoms with Crippen LogP contribution >= 0.6 is 24.0 Å². The molecular formula is C22H33IN4O4. The van der Waals surface area contributed by atoms with E-state index in [1.807, 2.05) is 31.2 Å². The third kappa shape index (κ3) is 7.34. The molecule has 2 saturated heterocycles. The second kappa shape index (κ2) is 12.8. The Labute approximate surface area is 201 Å². The molecule has 2 aliphatic rings. The molecule has 1 amide bonds. The minimum absolute atomic E-state index is 0. The normalized spacial score (nSPS) is 19.5. The zero-order valence-electron chi connectivity index (χ0n) is 18.3. The van der Waals surface area contributed by atoms with Crippen molar-refractivity contribution in [2.75, 3.05) is 38.7 Å². The van der Waals surface area contributed by atoms with E-state index in [0.717, 1.165) is 62.5 Å². The minimum Gasteiger partial charge on any atom is -0.469 e. The number of anilines is 1. The SMILES string of the molecule is CCNC(=NCc1cccc(NC(=O)C2CCCO2)c1)N1CCC(C(=O)OC)CC1.I. The molecule has 1 atom stereocenters. The van der Waals surface area contributed by atoms with Gasteiger partial charge < -0.3 is 25.0 Å². The molecule has 2 fully saturated rings. The Balaban J connectivity index is 0.00000341. The molecule has 3 rings (SSSR count). The lowest BCUT2D eigenvalue weighted by atomic mass is 9.97. The highest BCUT2D eigenvalue weighted by Gasteiger charge is 2.27. The lowest BCUT2D eigenvalue weighted by Crippen LogP contribution is -2.46. The molecule has 0 aromatic heterocycles. The number of methoxy groups -OCH3 is 1. The fourth-order valence-electron chi connectivity index (χ4n) is 3.84. The van der Waals surface area contributed by atoms with Crippen LogP contribution < -0.4 is 10.6 Å². The number of carbonyl (C=O) groups is 2. The maximum atomic E-state index is 12.3. The van der Waals surface area contributed by atoms with Crippen LogP contribution in [0.1, 0.15) is 38.2 Å². The predicted molar refractivity (Wildman–Crippen MR) is 131 cm³/mol. The molecule has 0 spiro atoms. The van der Waals surface area contributed by atoms with Gasteiger partial charge in [-0.15, -0.1) is 24.0 Å². The van der Waals surface area contributed by atoms with Gasteiger partial charge in [0.05, 0.1) is 19.6 Å².